The topological polar surface area (TPSA) is 69.6 Å². The van der Waals surface area contributed by atoms with Gasteiger partial charge in [0.2, 0.25) is 5.91 Å². The van der Waals surface area contributed by atoms with E-state index in [0.717, 1.165) is 38.9 Å². The number of carboxylic acids is 1. The number of rotatable bonds is 8. The molecule has 1 fully saturated rings. The molecule has 5 nitrogen and oxygen atoms in total. The van der Waals surface area contributed by atoms with Crippen LogP contribution in [0.4, 0.5) is 0 Å². The van der Waals surface area contributed by atoms with Crippen molar-refractivity contribution in [1.29, 1.82) is 0 Å². The minimum absolute atomic E-state index is 0.0121. The third-order valence-corrected chi connectivity index (χ3v) is 4.06. The molecule has 1 atom stereocenters. The zero-order valence-corrected chi connectivity index (χ0v) is 12.9. The van der Waals surface area contributed by atoms with Gasteiger partial charge in [-0.05, 0) is 44.6 Å². The summed E-state index contributed by atoms with van der Waals surface area (Å²) < 4.78 is 0. The molecule has 1 aliphatic rings. The Morgan fingerprint density at radius 2 is 1.85 bits per heavy atom. The van der Waals surface area contributed by atoms with Crippen LogP contribution in [0.25, 0.3) is 0 Å². The van der Waals surface area contributed by atoms with E-state index in [2.05, 4.69) is 19.2 Å². The second-order valence-electron chi connectivity index (χ2n) is 6.52. The van der Waals surface area contributed by atoms with Gasteiger partial charge in [-0.1, -0.05) is 13.8 Å². The predicted molar refractivity (Wildman–Crippen MR) is 78.5 cm³/mol. The van der Waals surface area contributed by atoms with Crippen molar-refractivity contribution in [3.63, 3.8) is 0 Å². The van der Waals surface area contributed by atoms with Crippen molar-refractivity contribution >= 4 is 11.9 Å². The normalized spacial score (nSPS) is 17.2. The Morgan fingerprint density at radius 3 is 2.40 bits per heavy atom. The van der Waals surface area contributed by atoms with Gasteiger partial charge in [-0.2, -0.15) is 0 Å². The first-order chi connectivity index (χ1) is 9.32. The Labute approximate surface area is 121 Å². The SMILES string of the molecule is CC(NCCC(C)(C)CCC(=O)O)C(=O)N1CCCC1. The highest BCUT2D eigenvalue weighted by Gasteiger charge is 2.24. The van der Waals surface area contributed by atoms with Gasteiger partial charge in [-0.15, -0.1) is 0 Å². The van der Waals surface area contributed by atoms with E-state index in [9.17, 15) is 9.59 Å². The van der Waals surface area contributed by atoms with Crippen LogP contribution < -0.4 is 5.32 Å². The van der Waals surface area contributed by atoms with E-state index in [1.165, 1.54) is 0 Å². The average Bonchev–Trinajstić information content (AvgIpc) is 2.89. The molecule has 5 heteroatoms. The highest BCUT2D eigenvalue weighted by atomic mass is 16.4. The smallest absolute Gasteiger partial charge is 0.303 e. The molecule has 0 aromatic carbocycles. The summed E-state index contributed by atoms with van der Waals surface area (Å²) >= 11 is 0. The predicted octanol–water partition coefficient (Wildman–Crippen LogP) is 1.87. The molecule has 0 aliphatic carbocycles. The third kappa shape index (κ3) is 5.90. The average molecular weight is 284 g/mol. The van der Waals surface area contributed by atoms with Crippen LogP contribution in [-0.4, -0.2) is 47.6 Å². The van der Waals surface area contributed by atoms with Crippen molar-refractivity contribution < 1.29 is 14.7 Å². The maximum atomic E-state index is 12.1. The highest BCUT2D eigenvalue weighted by Crippen LogP contribution is 2.26. The van der Waals surface area contributed by atoms with Gasteiger partial charge in [0, 0.05) is 19.5 Å². The Kier molecular flexibility index (Phi) is 6.46. The zero-order chi connectivity index (χ0) is 15.2. The van der Waals surface area contributed by atoms with Crippen LogP contribution in [-0.2, 0) is 9.59 Å². The first-order valence-electron chi connectivity index (χ1n) is 7.56. The molecule has 1 aliphatic heterocycles. The maximum Gasteiger partial charge on any atom is 0.303 e. The fraction of sp³-hybridized carbons (Fsp3) is 0.867. The summed E-state index contributed by atoms with van der Waals surface area (Å²) in [6.07, 6.45) is 3.97. The number of carbonyl (C=O) groups excluding carboxylic acids is 1. The van der Waals surface area contributed by atoms with E-state index in [-0.39, 0.29) is 23.8 Å². The summed E-state index contributed by atoms with van der Waals surface area (Å²) in [5.41, 5.74) is -0.0121. The number of likely N-dealkylation sites (tertiary alicyclic amines) is 1. The maximum absolute atomic E-state index is 12.1. The number of hydrogen-bond donors (Lipinski definition) is 2. The van der Waals surface area contributed by atoms with Crippen molar-refractivity contribution in [3.05, 3.63) is 0 Å². The van der Waals surface area contributed by atoms with E-state index in [0.29, 0.717) is 6.42 Å². The van der Waals surface area contributed by atoms with Crippen LogP contribution in [0.15, 0.2) is 0 Å². The monoisotopic (exact) mass is 284 g/mol. The number of hydrogen-bond acceptors (Lipinski definition) is 3. The Morgan fingerprint density at radius 1 is 1.25 bits per heavy atom. The molecule has 1 saturated heterocycles. The van der Waals surface area contributed by atoms with Gasteiger partial charge >= 0.3 is 5.97 Å². The summed E-state index contributed by atoms with van der Waals surface area (Å²) in [6, 6.07) is -0.150. The van der Waals surface area contributed by atoms with Gasteiger partial charge < -0.3 is 15.3 Å². The highest BCUT2D eigenvalue weighted by molar-refractivity contribution is 5.81. The number of carbonyl (C=O) groups is 2. The largest absolute Gasteiger partial charge is 0.481 e. The zero-order valence-electron chi connectivity index (χ0n) is 12.9. The number of nitrogens with one attached hydrogen (secondary N) is 1. The minimum atomic E-state index is -0.747. The van der Waals surface area contributed by atoms with Crippen LogP contribution >= 0.6 is 0 Å². The van der Waals surface area contributed by atoms with Crippen molar-refractivity contribution in [3.8, 4) is 0 Å². The fourth-order valence-electron chi connectivity index (χ4n) is 2.50. The van der Waals surface area contributed by atoms with Gasteiger partial charge in [0.15, 0.2) is 0 Å². The van der Waals surface area contributed by atoms with Gasteiger partial charge in [-0.25, -0.2) is 0 Å². The van der Waals surface area contributed by atoms with Crippen LogP contribution in [0, 0.1) is 5.41 Å². The van der Waals surface area contributed by atoms with Gasteiger partial charge in [0.25, 0.3) is 0 Å². The van der Waals surface area contributed by atoms with E-state index < -0.39 is 5.97 Å². The van der Waals surface area contributed by atoms with E-state index >= 15 is 0 Å². The minimum Gasteiger partial charge on any atom is -0.481 e. The Balaban J connectivity index is 2.24. The van der Waals surface area contributed by atoms with Crippen molar-refractivity contribution in [2.45, 2.75) is 58.9 Å². The van der Waals surface area contributed by atoms with Gasteiger partial charge in [0.1, 0.15) is 0 Å². The van der Waals surface area contributed by atoms with Crippen LogP contribution in [0.1, 0.15) is 52.9 Å². The molecular weight excluding hydrogens is 256 g/mol. The van der Waals surface area contributed by atoms with Crippen LogP contribution in [0.2, 0.25) is 0 Å². The molecule has 116 valence electrons. The van der Waals surface area contributed by atoms with Crippen LogP contribution in [0.3, 0.4) is 0 Å². The lowest BCUT2D eigenvalue weighted by molar-refractivity contribution is -0.137. The van der Waals surface area contributed by atoms with Gasteiger partial charge in [-0.3, -0.25) is 9.59 Å². The first-order valence-corrected chi connectivity index (χ1v) is 7.56. The molecule has 1 rings (SSSR count). The fourth-order valence-corrected chi connectivity index (χ4v) is 2.50. The molecule has 0 bridgehead atoms. The lowest BCUT2D eigenvalue weighted by Crippen LogP contribution is -2.44. The number of nitrogens with zero attached hydrogens (tertiary/aromatic N) is 1. The number of amides is 1. The van der Waals surface area contributed by atoms with Crippen molar-refractivity contribution in [2.24, 2.45) is 5.41 Å². The first kappa shape index (κ1) is 17.0. The van der Waals surface area contributed by atoms with E-state index in [1.54, 1.807) is 0 Å². The number of aliphatic carboxylic acids is 1. The Hall–Kier alpha value is -1.10. The van der Waals surface area contributed by atoms with E-state index in [1.807, 2.05) is 11.8 Å². The molecule has 0 saturated carbocycles. The van der Waals surface area contributed by atoms with Crippen molar-refractivity contribution in [1.82, 2.24) is 10.2 Å². The summed E-state index contributed by atoms with van der Waals surface area (Å²) in [5.74, 6) is -0.561. The lowest BCUT2D eigenvalue weighted by Gasteiger charge is -2.26. The summed E-state index contributed by atoms with van der Waals surface area (Å²) in [6.45, 7) is 8.57. The lowest BCUT2D eigenvalue weighted by atomic mass is 9.84. The molecule has 1 unspecified atom stereocenters. The quantitative estimate of drug-likeness (QED) is 0.714. The number of carboxylic acid groups (broad SMARTS) is 1. The standard InChI is InChI=1S/C15H28N2O3/c1-12(14(20)17-10-4-5-11-17)16-9-8-15(2,3)7-6-13(18)19/h12,16H,4-11H2,1-3H3,(H,18,19). The summed E-state index contributed by atoms with van der Waals surface area (Å²) in [5, 5.41) is 12.0. The molecule has 0 aromatic rings. The second-order valence-corrected chi connectivity index (χ2v) is 6.52. The van der Waals surface area contributed by atoms with E-state index in [4.69, 9.17) is 5.11 Å². The Bertz CT molecular complexity index is 336. The summed E-state index contributed by atoms with van der Waals surface area (Å²) in [7, 11) is 0. The molecule has 0 aromatic heterocycles. The summed E-state index contributed by atoms with van der Waals surface area (Å²) in [4.78, 5) is 24.6. The molecule has 20 heavy (non-hydrogen) atoms. The molecule has 0 radical (unpaired) electrons. The molecule has 1 amide bonds. The molecule has 1 heterocycles. The third-order valence-electron chi connectivity index (χ3n) is 4.06. The molecular formula is C15H28N2O3. The molecule has 0 spiro atoms. The second kappa shape index (κ2) is 7.62. The van der Waals surface area contributed by atoms with Gasteiger partial charge in [0.05, 0.1) is 6.04 Å². The van der Waals surface area contributed by atoms with Crippen molar-refractivity contribution in [2.75, 3.05) is 19.6 Å². The molecule has 2 N–H and O–H groups in total. The van der Waals surface area contributed by atoms with Crippen LogP contribution in [0.5, 0.6) is 0 Å².